The van der Waals surface area contributed by atoms with Crippen LogP contribution < -0.4 is 5.32 Å². The predicted octanol–water partition coefficient (Wildman–Crippen LogP) is 2.62. The molecule has 150 valence electrons. The zero-order chi connectivity index (χ0) is 20.3. The minimum absolute atomic E-state index is 0.219. The number of urea groups is 1. The van der Waals surface area contributed by atoms with Crippen LogP contribution in [0.5, 0.6) is 0 Å². The third-order valence-corrected chi connectivity index (χ3v) is 5.32. The topological polar surface area (TPSA) is 86.8 Å². The summed E-state index contributed by atoms with van der Waals surface area (Å²) in [7, 11) is 0. The van der Waals surface area contributed by atoms with Gasteiger partial charge in [-0.3, -0.25) is 19.3 Å². The Hall–Kier alpha value is -2.70. The number of amides is 5. The second kappa shape index (κ2) is 8.54. The molecule has 0 unspecified atom stereocenters. The molecule has 0 bridgehead atoms. The van der Waals surface area contributed by atoms with E-state index in [4.69, 9.17) is 0 Å². The quantitative estimate of drug-likeness (QED) is 0.577. The van der Waals surface area contributed by atoms with Crippen LogP contribution in [-0.4, -0.2) is 46.1 Å². The molecule has 1 aliphatic heterocycles. The van der Waals surface area contributed by atoms with Crippen molar-refractivity contribution >= 4 is 23.8 Å². The number of hydrogen-bond acceptors (Lipinski definition) is 4. The summed E-state index contributed by atoms with van der Waals surface area (Å²) in [6, 6.07) is 8.47. The van der Waals surface area contributed by atoms with E-state index < -0.39 is 30.3 Å². The first kappa shape index (κ1) is 20.0. The van der Waals surface area contributed by atoms with Gasteiger partial charge in [-0.1, -0.05) is 57.0 Å². The van der Waals surface area contributed by atoms with Gasteiger partial charge in [0.1, 0.15) is 6.54 Å². The Balaban J connectivity index is 1.68. The van der Waals surface area contributed by atoms with Gasteiger partial charge in [0.2, 0.25) is 5.91 Å². The number of hydrogen-bond donors (Lipinski definition) is 1. The van der Waals surface area contributed by atoms with E-state index in [0.717, 1.165) is 47.5 Å². The largest absolute Gasteiger partial charge is 0.348 e. The molecular formula is C21H27N3O4. The van der Waals surface area contributed by atoms with E-state index >= 15 is 0 Å². The number of nitrogens with one attached hydrogen (secondary N) is 1. The third kappa shape index (κ3) is 4.24. The number of benzene rings is 1. The fraction of sp³-hybridized carbons (Fsp3) is 0.524. The van der Waals surface area contributed by atoms with Gasteiger partial charge in [0.25, 0.3) is 0 Å². The van der Waals surface area contributed by atoms with Crippen LogP contribution in [0.25, 0.3) is 0 Å². The van der Waals surface area contributed by atoms with Gasteiger partial charge in [0.15, 0.2) is 0 Å². The third-order valence-electron chi connectivity index (χ3n) is 5.32. The molecule has 1 atom stereocenters. The van der Waals surface area contributed by atoms with Gasteiger partial charge in [-0.25, -0.2) is 9.69 Å². The number of rotatable bonds is 7. The number of carbonyl (C=O) groups excluding carboxylic acids is 4. The van der Waals surface area contributed by atoms with E-state index in [9.17, 15) is 19.2 Å². The van der Waals surface area contributed by atoms with E-state index in [1.54, 1.807) is 0 Å². The minimum atomic E-state index is -0.910. The first-order valence-corrected chi connectivity index (χ1v) is 9.91. The van der Waals surface area contributed by atoms with Crippen LogP contribution in [0.1, 0.15) is 57.6 Å². The Morgan fingerprint density at radius 3 is 2.32 bits per heavy atom. The van der Waals surface area contributed by atoms with Gasteiger partial charge in [0.05, 0.1) is 6.04 Å². The van der Waals surface area contributed by atoms with Gasteiger partial charge in [0, 0.05) is 6.04 Å². The van der Waals surface area contributed by atoms with Crippen LogP contribution in [0.15, 0.2) is 30.3 Å². The Labute approximate surface area is 165 Å². The lowest BCUT2D eigenvalue weighted by Gasteiger charge is -2.23. The van der Waals surface area contributed by atoms with Crippen LogP contribution in [0, 0.1) is 5.92 Å². The summed E-state index contributed by atoms with van der Waals surface area (Å²) in [6.07, 6.45) is 4.03. The van der Waals surface area contributed by atoms with Crippen molar-refractivity contribution in [2.24, 2.45) is 5.92 Å². The molecule has 1 aromatic carbocycles. The van der Waals surface area contributed by atoms with Crippen molar-refractivity contribution < 1.29 is 19.2 Å². The zero-order valence-corrected chi connectivity index (χ0v) is 16.4. The van der Waals surface area contributed by atoms with Crippen molar-refractivity contribution in [3.63, 3.8) is 0 Å². The van der Waals surface area contributed by atoms with Crippen LogP contribution in [0.3, 0.4) is 0 Å². The van der Waals surface area contributed by atoms with Crippen LogP contribution in [-0.2, 0) is 14.4 Å². The van der Waals surface area contributed by atoms with Crippen molar-refractivity contribution in [1.29, 1.82) is 0 Å². The van der Waals surface area contributed by atoms with Crippen LogP contribution >= 0.6 is 0 Å². The summed E-state index contributed by atoms with van der Waals surface area (Å²) < 4.78 is 0. The Morgan fingerprint density at radius 2 is 1.71 bits per heavy atom. The Kier molecular flexibility index (Phi) is 6.11. The van der Waals surface area contributed by atoms with E-state index in [1.165, 1.54) is 0 Å². The summed E-state index contributed by atoms with van der Waals surface area (Å²) >= 11 is 0. The minimum Gasteiger partial charge on any atom is -0.348 e. The molecule has 7 nitrogen and oxygen atoms in total. The van der Waals surface area contributed by atoms with E-state index in [1.807, 2.05) is 30.3 Å². The smallest absolute Gasteiger partial charge is 0.334 e. The highest BCUT2D eigenvalue weighted by atomic mass is 16.2. The first-order valence-electron chi connectivity index (χ1n) is 9.91. The number of nitrogens with zero attached hydrogens (tertiary/aromatic N) is 2. The highest BCUT2D eigenvalue weighted by Crippen LogP contribution is 2.28. The van der Waals surface area contributed by atoms with E-state index in [-0.39, 0.29) is 12.1 Å². The average Bonchev–Trinajstić information content (AvgIpc) is 3.25. The summed E-state index contributed by atoms with van der Waals surface area (Å²) in [5.74, 6) is -1.82. The SMILES string of the molecule is CC(C)C[C@H](NC(=O)CN1C(=O)C(=O)N(C2CCCC2)C1=O)c1ccccc1. The molecule has 28 heavy (non-hydrogen) atoms. The molecule has 0 aromatic heterocycles. The van der Waals surface area contributed by atoms with Gasteiger partial charge in [-0.05, 0) is 30.7 Å². The van der Waals surface area contributed by atoms with Gasteiger partial charge < -0.3 is 5.32 Å². The zero-order valence-electron chi connectivity index (χ0n) is 16.4. The number of imide groups is 2. The fourth-order valence-corrected chi connectivity index (χ4v) is 3.96. The molecule has 5 amide bonds. The van der Waals surface area contributed by atoms with E-state index in [0.29, 0.717) is 5.92 Å². The van der Waals surface area contributed by atoms with Crippen molar-refractivity contribution in [1.82, 2.24) is 15.1 Å². The molecule has 1 aliphatic carbocycles. The van der Waals surface area contributed by atoms with Gasteiger partial charge in [-0.15, -0.1) is 0 Å². The lowest BCUT2D eigenvalue weighted by atomic mass is 9.97. The second-order valence-electron chi connectivity index (χ2n) is 7.95. The van der Waals surface area contributed by atoms with E-state index in [2.05, 4.69) is 19.2 Å². The summed E-state index contributed by atoms with van der Waals surface area (Å²) in [6.45, 7) is 3.69. The molecule has 2 aliphatic rings. The molecule has 7 heteroatoms. The molecule has 1 saturated carbocycles. The molecule has 2 fully saturated rings. The lowest BCUT2D eigenvalue weighted by molar-refractivity contribution is -0.144. The first-order chi connectivity index (χ1) is 13.4. The fourth-order valence-electron chi connectivity index (χ4n) is 3.96. The summed E-state index contributed by atoms with van der Waals surface area (Å²) in [4.78, 5) is 51.6. The maximum atomic E-state index is 12.6. The number of carbonyl (C=O) groups is 4. The van der Waals surface area contributed by atoms with Crippen LogP contribution in [0.4, 0.5) is 4.79 Å². The standard InChI is InChI=1S/C21H27N3O4/c1-14(2)12-17(15-8-4-3-5-9-15)22-18(25)13-23-19(26)20(27)24(21(23)28)16-10-6-7-11-16/h3-5,8-9,14,16-17H,6-7,10-13H2,1-2H3,(H,22,25)/t17-/m0/s1. The molecule has 1 aromatic rings. The summed E-state index contributed by atoms with van der Waals surface area (Å²) in [5.41, 5.74) is 0.965. The normalized spacial score (nSPS) is 19.0. The van der Waals surface area contributed by atoms with Gasteiger partial charge >= 0.3 is 17.8 Å². The predicted molar refractivity (Wildman–Crippen MR) is 103 cm³/mol. The second-order valence-corrected chi connectivity index (χ2v) is 7.95. The van der Waals surface area contributed by atoms with Crippen molar-refractivity contribution in [3.05, 3.63) is 35.9 Å². The highest BCUT2D eigenvalue weighted by Gasteiger charge is 2.48. The highest BCUT2D eigenvalue weighted by molar-refractivity contribution is 6.45. The molecule has 3 rings (SSSR count). The monoisotopic (exact) mass is 385 g/mol. The maximum Gasteiger partial charge on any atom is 0.334 e. The molecule has 0 radical (unpaired) electrons. The lowest BCUT2D eigenvalue weighted by Crippen LogP contribution is -2.44. The molecule has 1 N–H and O–H groups in total. The molecular weight excluding hydrogens is 358 g/mol. The average molecular weight is 385 g/mol. The Morgan fingerprint density at radius 1 is 1.07 bits per heavy atom. The van der Waals surface area contributed by atoms with Gasteiger partial charge in [-0.2, -0.15) is 0 Å². The maximum absolute atomic E-state index is 12.6. The summed E-state index contributed by atoms with van der Waals surface area (Å²) in [5, 5.41) is 2.92. The van der Waals surface area contributed by atoms with Crippen LogP contribution in [0.2, 0.25) is 0 Å². The van der Waals surface area contributed by atoms with Crippen molar-refractivity contribution in [2.45, 2.75) is 58.0 Å². The molecule has 1 saturated heterocycles. The molecule has 1 heterocycles. The van der Waals surface area contributed by atoms with Crippen molar-refractivity contribution in [2.75, 3.05) is 6.54 Å². The van der Waals surface area contributed by atoms with Crippen molar-refractivity contribution in [3.8, 4) is 0 Å². The Bertz CT molecular complexity index is 756. The molecule has 0 spiro atoms.